The van der Waals surface area contributed by atoms with Crippen molar-refractivity contribution < 1.29 is 13.2 Å². The third-order valence-corrected chi connectivity index (χ3v) is 8.17. The number of aryl methyl sites for hydroxylation is 1. The molecule has 0 spiro atoms. The molecule has 144 valence electrons. The first-order valence-corrected chi connectivity index (χ1v) is 11.3. The van der Waals surface area contributed by atoms with Crippen LogP contribution in [0.15, 0.2) is 40.7 Å². The molecule has 2 aromatic rings. The first kappa shape index (κ1) is 18.5. The average Bonchev–Trinajstić information content (AvgIpc) is 3.28. The lowest BCUT2D eigenvalue weighted by molar-refractivity contribution is 0.0918. The zero-order valence-electron chi connectivity index (χ0n) is 15.0. The summed E-state index contributed by atoms with van der Waals surface area (Å²) in [4.78, 5) is 19.7. The molecule has 3 unspecified atom stereocenters. The van der Waals surface area contributed by atoms with Gasteiger partial charge in [-0.25, -0.2) is 13.4 Å². The van der Waals surface area contributed by atoms with E-state index < -0.39 is 10.0 Å². The van der Waals surface area contributed by atoms with Crippen LogP contribution in [0.2, 0.25) is 0 Å². The van der Waals surface area contributed by atoms with E-state index in [0.717, 1.165) is 18.7 Å². The molecule has 0 aliphatic carbocycles. The lowest BCUT2D eigenvalue weighted by Gasteiger charge is -2.39. The van der Waals surface area contributed by atoms with Crippen molar-refractivity contribution in [3.63, 3.8) is 0 Å². The Morgan fingerprint density at radius 1 is 1.30 bits per heavy atom. The molecule has 2 fully saturated rings. The zero-order chi connectivity index (χ0) is 19.0. The summed E-state index contributed by atoms with van der Waals surface area (Å²) in [5, 5.41) is 2.96. The number of fused-ring (bicyclic) bond motifs is 2. The second kappa shape index (κ2) is 7.31. The van der Waals surface area contributed by atoms with E-state index in [4.69, 9.17) is 0 Å². The maximum atomic E-state index is 13.1. The fraction of sp³-hybridized carbons (Fsp3) is 0.444. The summed E-state index contributed by atoms with van der Waals surface area (Å²) in [6, 6.07) is 8.55. The van der Waals surface area contributed by atoms with Crippen LogP contribution in [0.4, 0.5) is 0 Å². The summed E-state index contributed by atoms with van der Waals surface area (Å²) in [5.41, 5.74) is 2.38. The van der Waals surface area contributed by atoms with Crippen LogP contribution in [-0.4, -0.2) is 66.8 Å². The summed E-state index contributed by atoms with van der Waals surface area (Å²) >= 11 is 1.32. The number of thiazole rings is 1. The number of carbonyl (C=O) groups is 1. The zero-order valence-corrected chi connectivity index (χ0v) is 16.7. The number of hydrogen-bond donors (Lipinski definition) is 1. The highest BCUT2D eigenvalue weighted by atomic mass is 32.2. The van der Waals surface area contributed by atoms with Crippen LogP contribution in [0.3, 0.4) is 0 Å². The number of hydrogen-bond acceptors (Lipinski definition) is 6. The fourth-order valence-electron chi connectivity index (χ4n) is 3.83. The third-order valence-electron chi connectivity index (χ3n) is 5.31. The van der Waals surface area contributed by atoms with Gasteiger partial charge in [0.25, 0.3) is 5.91 Å². The number of amides is 1. The van der Waals surface area contributed by atoms with Gasteiger partial charge in [0.15, 0.2) is 0 Å². The van der Waals surface area contributed by atoms with Crippen LogP contribution < -0.4 is 5.32 Å². The van der Waals surface area contributed by atoms with Gasteiger partial charge in [-0.15, -0.1) is 11.3 Å². The van der Waals surface area contributed by atoms with Crippen LogP contribution in [0, 0.1) is 6.92 Å². The molecule has 7 nitrogen and oxygen atoms in total. The SMILES string of the molecule is Cc1ncsc1C(=O)NCC1CN(S(=O)(=O)c2ccccc2)C2CCN1C2. The molecule has 9 heteroatoms. The van der Waals surface area contributed by atoms with Crippen molar-refractivity contribution in [2.24, 2.45) is 0 Å². The molecular formula is C18H22N4O3S2. The molecule has 2 saturated heterocycles. The van der Waals surface area contributed by atoms with Gasteiger partial charge in [-0.2, -0.15) is 4.31 Å². The minimum Gasteiger partial charge on any atom is -0.350 e. The van der Waals surface area contributed by atoms with Crippen molar-refractivity contribution in [2.75, 3.05) is 26.2 Å². The van der Waals surface area contributed by atoms with Crippen LogP contribution in [0.1, 0.15) is 21.8 Å². The number of sulfonamides is 1. The summed E-state index contributed by atoms with van der Waals surface area (Å²) < 4.78 is 27.8. The van der Waals surface area contributed by atoms with Gasteiger partial charge in [0.1, 0.15) is 4.88 Å². The molecule has 4 rings (SSSR count). The standard InChI is InChI=1S/C18H22N4O3S2/c1-13-17(26-12-20-13)18(23)19-9-15-11-22(14-7-8-21(15)10-14)27(24,25)16-5-3-2-4-6-16/h2-6,12,14-15H,7-11H2,1H3,(H,19,23). The molecule has 2 bridgehead atoms. The predicted molar refractivity (Wildman–Crippen MR) is 103 cm³/mol. The van der Waals surface area contributed by atoms with Gasteiger partial charge in [-0.05, 0) is 25.5 Å². The van der Waals surface area contributed by atoms with Gasteiger partial charge in [-0.1, -0.05) is 18.2 Å². The van der Waals surface area contributed by atoms with Crippen molar-refractivity contribution in [3.8, 4) is 0 Å². The molecule has 3 heterocycles. The Morgan fingerprint density at radius 2 is 2.07 bits per heavy atom. The van der Waals surface area contributed by atoms with E-state index in [2.05, 4.69) is 15.2 Å². The van der Waals surface area contributed by atoms with E-state index >= 15 is 0 Å². The number of carbonyl (C=O) groups excluding carboxylic acids is 1. The number of nitrogens with zero attached hydrogens (tertiary/aromatic N) is 3. The Bertz CT molecular complexity index is 929. The van der Waals surface area contributed by atoms with Gasteiger partial charge < -0.3 is 5.32 Å². The Labute approximate surface area is 163 Å². The maximum Gasteiger partial charge on any atom is 0.263 e. The van der Waals surface area contributed by atoms with E-state index in [-0.39, 0.29) is 18.0 Å². The number of aromatic nitrogens is 1. The Kier molecular flexibility index (Phi) is 5.02. The topological polar surface area (TPSA) is 82.6 Å². The van der Waals surface area contributed by atoms with Gasteiger partial charge in [0.05, 0.1) is 16.1 Å². The quantitative estimate of drug-likeness (QED) is 0.810. The smallest absolute Gasteiger partial charge is 0.263 e. The normalized spacial score (nSPS) is 25.4. The molecular weight excluding hydrogens is 384 g/mol. The Morgan fingerprint density at radius 3 is 2.78 bits per heavy atom. The predicted octanol–water partition coefficient (Wildman–Crippen LogP) is 1.33. The van der Waals surface area contributed by atoms with Crippen LogP contribution in [0.5, 0.6) is 0 Å². The summed E-state index contributed by atoms with van der Waals surface area (Å²) in [7, 11) is -3.53. The molecule has 27 heavy (non-hydrogen) atoms. The number of piperazine rings is 1. The van der Waals surface area contributed by atoms with E-state index in [1.165, 1.54) is 11.3 Å². The minimum absolute atomic E-state index is 0.00546. The lowest BCUT2D eigenvalue weighted by atomic mass is 10.2. The van der Waals surface area contributed by atoms with E-state index in [1.54, 1.807) is 34.1 Å². The monoisotopic (exact) mass is 406 g/mol. The van der Waals surface area contributed by atoms with Gasteiger partial charge in [0, 0.05) is 38.3 Å². The van der Waals surface area contributed by atoms with Crippen molar-refractivity contribution in [1.29, 1.82) is 0 Å². The molecule has 1 N–H and O–H groups in total. The van der Waals surface area contributed by atoms with Crippen LogP contribution in [0.25, 0.3) is 0 Å². The highest BCUT2D eigenvalue weighted by molar-refractivity contribution is 7.89. The highest BCUT2D eigenvalue weighted by Crippen LogP contribution is 2.30. The van der Waals surface area contributed by atoms with Crippen molar-refractivity contribution in [3.05, 3.63) is 46.4 Å². The highest BCUT2D eigenvalue weighted by Gasteiger charge is 2.44. The van der Waals surface area contributed by atoms with E-state index in [9.17, 15) is 13.2 Å². The van der Waals surface area contributed by atoms with Crippen LogP contribution >= 0.6 is 11.3 Å². The van der Waals surface area contributed by atoms with Gasteiger partial charge >= 0.3 is 0 Å². The average molecular weight is 407 g/mol. The number of benzene rings is 1. The van der Waals surface area contributed by atoms with E-state index in [1.807, 2.05) is 13.0 Å². The summed E-state index contributed by atoms with van der Waals surface area (Å²) in [5.74, 6) is -0.145. The van der Waals surface area contributed by atoms with Crippen molar-refractivity contribution in [1.82, 2.24) is 19.5 Å². The van der Waals surface area contributed by atoms with Crippen LogP contribution in [-0.2, 0) is 10.0 Å². The second-order valence-electron chi connectivity index (χ2n) is 6.96. The van der Waals surface area contributed by atoms with Gasteiger partial charge in [0.2, 0.25) is 10.0 Å². The summed E-state index contributed by atoms with van der Waals surface area (Å²) in [6.45, 7) is 4.19. The molecule has 2 aliphatic heterocycles. The Balaban J connectivity index is 1.49. The molecule has 3 atom stereocenters. The van der Waals surface area contributed by atoms with Crippen molar-refractivity contribution in [2.45, 2.75) is 30.3 Å². The molecule has 2 aliphatic rings. The molecule has 0 saturated carbocycles. The Hall–Kier alpha value is -1.81. The largest absolute Gasteiger partial charge is 0.350 e. The van der Waals surface area contributed by atoms with Crippen molar-refractivity contribution >= 4 is 27.3 Å². The van der Waals surface area contributed by atoms with E-state index in [0.29, 0.717) is 29.4 Å². The fourth-order valence-corrected chi connectivity index (χ4v) is 6.26. The molecule has 1 aromatic heterocycles. The number of rotatable bonds is 5. The third kappa shape index (κ3) is 3.52. The summed E-state index contributed by atoms with van der Waals surface area (Å²) in [6.07, 6.45) is 0.824. The first-order chi connectivity index (χ1) is 13.0. The lowest BCUT2D eigenvalue weighted by Crippen LogP contribution is -2.57. The molecule has 1 amide bonds. The second-order valence-corrected chi connectivity index (χ2v) is 9.70. The first-order valence-electron chi connectivity index (χ1n) is 8.96. The molecule has 0 radical (unpaired) electrons. The minimum atomic E-state index is -3.53. The maximum absolute atomic E-state index is 13.1. The number of nitrogens with one attached hydrogen (secondary N) is 1. The van der Waals surface area contributed by atoms with Gasteiger partial charge in [-0.3, -0.25) is 9.69 Å². The molecule has 1 aromatic carbocycles.